The van der Waals surface area contributed by atoms with Crippen LogP contribution in [0.4, 0.5) is 5.69 Å². The fraction of sp³-hybridized carbons (Fsp3) is 0.381. The van der Waals surface area contributed by atoms with Crippen molar-refractivity contribution in [1.29, 1.82) is 0 Å². The van der Waals surface area contributed by atoms with Crippen molar-refractivity contribution >= 4 is 11.7 Å². The van der Waals surface area contributed by atoms with Crippen LogP contribution < -0.4 is 5.73 Å². The molecule has 24 heavy (non-hydrogen) atoms. The van der Waals surface area contributed by atoms with Crippen molar-refractivity contribution in [2.75, 3.05) is 5.73 Å². The van der Waals surface area contributed by atoms with Crippen LogP contribution in [0.5, 0.6) is 0 Å². The van der Waals surface area contributed by atoms with Gasteiger partial charge in [-0.25, -0.2) is 0 Å². The Kier molecular flexibility index (Phi) is 5.02. The van der Waals surface area contributed by atoms with E-state index in [9.17, 15) is 4.79 Å². The van der Waals surface area contributed by atoms with Crippen LogP contribution in [-0.2, 0) is 16.0 Å². The highest BCUT2D eigenvalue weighted by Gasteiger charge is 2.32. The maximum atomic E-state index is 12.4. The first-order valence-electron chi connectivity index (χ1n) is 8.25. The highest BCUT2D eigenvalue weighted by Crippen LogP contribution is 2.28. The Morgan fingerprint density at radius 3 is 2.12 bits per heavy atom. The number of carbonyl (C=O) groups excluding carboxylic acids is 1. The Bertz CT molecular complexity index is 709. The predicted octanol–water partition coefficient (Wildman–Crippen LogP) is 4.85. The number of ether oxygens (including phenoxy) is 1. The highest BCUT2D eigenvalue weighted by molar-refractivity contribution is 5.77. The SMILES string of the molecule is CC(C)(C)OC(=O)C(C)(C)Cc1ccc(-c2cccc(N)c2)cc1. The van der Waals surface area contributed by atoms with E-state index in [1.807, 2.05) is 58.9 Å². The Hall–Kier alpha value is -2.29. The van der Waals surface area contributed by atoms with Crippen LogP contribution in [0.3, 0.4) is 0 Å². The molecule has 0 aliphatic heterocycles. The quantitative estimate of drug-likeness (QED) is 0.646. The number of hydrogen-bond acceptors (Lipinski definition) is 3. The van der Waals surface area contributed by atoms with Gasteiger partial charge in [0.25, 0.3) is 0 Å². The average Bonchev–Trinajstić information content (AvgIpc) is 2.46. The number of esters is 1. The standard InChI is InChI=1S/C21H27NO2/c1-20(2,3)24-19(23)21(4,5)14-15-9-11-16(12-10-15)17-7-6-8-18(22)13-17/h6-13H,14,22H2,1-5H3. The Labute approximate surface area is 144 Å². The summed E-state index contributed by atoms with van der Waals surface area (Å²) in [6.07, 6.45) is 0.638. The van der Waals surface area contributed by atoms with Crippen LogP contribution in [0, 0.1) is 5.41 Å². The molecule has 0 aliphatic rings. The molecule has 2 aromatic rings. The van der Waals surface area contributed by atoms with Gasteiger partial charge in [-0.05, 0) is 69.9 Å². The number of nitrogen functional groups attached to an aromatic ring is 1. The summed E-state index contributed by atoms with van der Waals surface area (Å²) in [7, 11) is 0. The third kappa shape index (κ3) is 4.85. The van der Waals surface area contributed by atoms with Crippen LogP contribution in [0.15, 0.2) is 48.5 Å². The Morgan fingerprint density at radius 1 is 0.958 bits per heavy atom. The number of nitrogens with two attached hydrogens (primary N) is 1. The van der Waals surface area contributed by atoms with Crippen molar-refractivity contribution in [3.05, 3.63) is 54.1 Å². The first kappa shape index (κ1) is 18.1. The average molecular weight is 325 g/mol. The van der Waals surface area contributed by atoms with E-state index in [-0.39, 0.29) is 5.97 Å². The molecule has 0 saturated carbocycles. The Morgan fingerprint density at radius 2 is 1.58 bits per heavy atom. The number of anilines is 1. The molecule has 2 aromatic carbocycles. The minimum absolute atomic E-state index is 0.171. The summed E-state index contributed by atoms with van der Waals surface area (Å²) in [5, 5.41) is 0. The Balaban J connectivity index is 2.12. The van der Waals surface area contributed by atoms with E-state index in [2.05, 4.69) is 24.3 Å². The second kappa shape index (κ2) is 6.68. The van der Waals surface area contributed by atoms with Crippen molar-refractivity contribution in [2.24, 2.45) is 5.41 Å². The van der Waals surface area contributed by atoms with Crippen molar-refractivity contribution in [3.8, 4) is 11.1 Å². The third-order valence-corrected chi connectivity index (χ3v) is 3.77. The third-order valence-electron chi connectivity index (χ3n) is 3.77. The van der Waals surface area contributed by atoms with Crippen LogP contribution in [-0.4, -0.2) is 11.6 Å². The lowest BCUT2D eigenvalue weighted by molar-refractivity contribution is -0.165. The van der Waals surface area contributed by atoms with Gasteiger partial charge in [-0.2, -0.15) is 0 Å². The highest BCUT2D eigenvalue weighted by atomic mass is 16.6. The molecule has 0 saturated heterocycles. The second-order valence-electron chi connectivity index (χ2n) is 7.88. The zero-order valence-electron chi connectivity index (χ0n) is 15.2. The van der Waals surface area contributed by atoms with Crippen molar-refractivity contribution in [1.82, 2.24) is 0 Å². The lowest BCUT2D eigenvalue weighted by Gasteiger charge is -2.28. The van der Waals surface area contributed by atoms with E-state index in [0.29, 0.717) is 6.42 Å². The molecule has 128 valence electrons. The molecule has 0 spiro atoms. The molecule has 0 aromatic heterocycles. The van der Waals surface area contributed by atoms with Gasteiger partial charge in [-0.15, -0.1) is 0 Å². The lowest BCUT2D eigenvalue weighted by Crippen LogP contribution is -2.35. The van der Waals surface area contributed by atoms with Crippen molar-refractivity contribution in [2.45, 2.75) is 46.6 Å². The van der Waals surface area contributed by atoms with Crippen LogP contribution in [0.1, 0.15) is 40.2 Å². The molecule has 2 rings (SSSR count). The van der Waals surface area contributed by atoms with Gasteiger partial charge in [0.15, 0.2) is 0 Å². The van der Waals surface area contributed by atoms with Gasteiger partial charge in [0.05, 0.1) is 5.41 Å². The van der Waals surface area contributed by atoms with Gasteiger partial charge in [0, 0.05) is 5.69 Å². The molecule has 0 fully saturated rings. The van der Waals surface area contributed by atoms with Crippen LogP contribution in [0.25, 0.3) is 11.1 Å². The van der Waals surface area contributed by atoms with E-state index in [4.69, 9.17) is 10.5 Å². The summed E-state index contributed by atoms with van der Waals surface area (Å²) in [5.74, 6) is -0.171. The molecule has 3 heteroatoms. The molecule has 0 unspecified atom stereocenters. The van der Waals surface area contributed by atoms with Crippen LogP contribution >= 0.6 is 0 Å². The van der Waals surface area contributed by atoms with E-state index >= 15 is 0 Å². The number of hydrogen-bond donors (Lipinski definition) is 1. The minimum Gasteiger partial charge on any atom is -0.460 e. The molecular formula is C21H27NO2. The van der Waals surface area contributed by atoms with E-state index in [1.54, 1.807) is 0 Å². The topological polar surface area (TPSA) is 52.3 Å². The van der Waals surface area contributed by atoms with Gasteiger partial charge in [-0.1, -0.05) is 36.4 Å². The molecule has 3 nitrogen and oxygen atoms in total. The largest absolute Gasteiger partial charge is 0.460 e. The van der Waals surface area contributed by atoms with E-state index in [1.165, 1.54) is 0 Å². The van der Waals surface area contributed by atoms with Gasteiger partial charge >= 0.3 is 5.97 Å². The molecule has 0 heterocycles. The lowest BCUT2D eigenvalue weighted by atomic mass is 9.85. The summed E-state index contributed by atoms with van der Waals surface area (Å²) >= 11 is 0. The summed E-state index contributed by atoms with van der Waals surface area (Å²) in [4.78, 5) is 12.4. The molecule has 0 aliphatic carbocycles. The van der Waals surface area contributed by atoms with E-state index < -0.39 is 11.0 Å². The second-order valence-corrected chi connectivity index (χ2v) is 7.88. The van der Waals surface area contributed by atoms with Gasteiger partial charge in [-0.3, -0.25) is 4.79 Å². The predicted molar refractivity (Wildman–Crippen MR) is 99.6 cm³/mol. The van der Waals surface area contributed by atoms with Gasteiger partial charge < -0.3 is 10.5 Å². The maximum Gasteiger partial charge on any atom is 0.312 e. The van der Waals surface area contributed by atoms with Gasteiger partial charge in [0.2, 0.25) is 0 Å². The molecule has 2 N–H and O–H groups in total. The molecular weight excluding hydrogens is 298 g/mol. The summed E-state index contributed by atoms with van der Waals surface area (Å²) in [6.45, 7) is 9.52. The molecule has 0 bridgehead atoms. The molecule has 0 radical (unpaired) electrons. The van der Waals surface area contributed by atoms with Crippen molar-refractivity contribution < 1.29 is 9.53 Å². The fourth-order valence-electron chi connectivity index (χ4n) is 2.53. The number of rotatable bonds is 4. The fourth-order valence-corrected chi connectivity index (χ4v) is 2.53. The number of carbonyl (C=O) groups is 1. The molecule has 0 atom stereocenters. The first-order chi connectivity index (χ1) is 11.1. The van der Waals surface area contributed by atoms with Crippen LogP contribution in [0.2, 0.25) is 0 Å². The zero-order chi connectivity index (χ0) is 18.0. The zero-order valence-corrected chi connectivity index (χ0v) is 15.2. The monoisotopic (exact) mass is 325 g/mol. The minimum atomic E-state index is -0.564. The smallest absolute Gasteiger partial charge is 0.312 e. The normalized spacial score (nSPS) is 12.0. The summed E-state index contributed by atoms with van der Waals surface area (Å²) in [6, 6.07) is 16.1. The summed E-state index contributed by atoms with van der Waals surface area (Å²) < 4.78 is 5.53. The maximum absolute atomic E-state index is 12.4. The molecule has 0 amide bonds. The van der Waals surface area contributed by atoms with Crippen molar-refractivity contribution in [3.63, 3.8) is 0 Å². The van der Waals surface area contributed by atoms with E-state index in [0.717, 1.165) is 22.4 Å². The van der Waals surface area contributed by atoms with Gasteiger partial charge in [0.1, 0.15) is 5.60 Å². The first-order valence-corrected chi connectivity index (χ1v) is 8.25. The number of benzene rings is 2. The summed E-state index contributed by atoms with van der Waals surface area (Å²) in [5.41, 5.74) is 8.88.